The molecule has 1 aliphatic rings. The van der Waals surface area contributed by atoms with Gasteiger partial charge in [0.05, 0.1) is 13.2 Å². The van der Waals surface area contributed by atoms with E-state index in [0.29, 0.717) is 36.3 Å². The van der Waals surface area contributed by atoms with Crippen LogP contribution in [0, 0.1) is 0 Å². The summed E-state index contributed by atoms with van der Waals surface area (Å²) in [6, 6.07) is 5.13. The van der Waals surface area contributed by atoms with Gasteiger partial charge in [-0.05, 0) is 17.7 Å². The number of ether oxygens (including phenoxy) is 1. The smallest absolute Gasteiger partial charge is 0.239 e. The second kappa shape index (κ2) is 8.81. The number of benzene rings is 1. The highest BCUT2D eigenvalue weighted by Gasteiger charge is 2.22. The van der Waals surface area contributed by atoms with Gasteiger partial charge in [0, 0.05) is 29.1 Å². The average molecular weight is 354 g/mol. The van der Waals surface area contributed by atoms with Crippen LogP contribution in [-0.4, -0.2) is 38.3 Å². The number of hydrogen-bond acceptors (Lipinski definition) is 3. The predicted molar refractivity (Wildman–Crippen MR) is 87.7 cm³/mol. The Kier molecular flexibility index (Phi) is 7.77. The zero-order chi connectivity index (χ0) is 14.5. The molecule has 2 N–H and O–H groups in total. The average Bonchev–Trinajstić information content (AvgIpc) is 2.45. The Bertz CT molecular complexity index is 459. The molecule has 1 aliphatic heterocycles. The molecule has 0 aliphatic carbocycles. The van der Waals surface area contributed by atoms with Crippen molar-refractivity contribution in [3.05, 3.63) is 33.8 Å². The molecular weight excluding hydrogens is 335 g/mol. The Hall–Kier alpha value is -0.520. The van der Waals surface area contributed by atoms with Gasteiger partial charge in [-0.15, -0.1) is 12.4 Å². The third-order valence-corrected chi connectivity index (χ3v) is 3.97. The van der Waals surface area contributed by atoms with Gasteiger partial charge in [0.1, 0.15) is 6.04 Å². The van der Waals surface area contributed by atoms with Crippen LogP contribution in [0.5, 0.6) is 0 Å². The fraction of sp³-hybridized carbons (Fsp3) is 0.500. The normalized spacial score (nSPS) is 19.5. The van der Waals surface area contributed by atoms with Gasteiger partial charge in [-0.3, -0.25) is 4.79 Å². The number of nitrogens with one attached hydrogen (secondary N) is 2. The number of rotatable bonds is 4. The fourth-order valence-electron chi connectivity index (χ4n) is 2.19. The molecule has 1 fully saturated rings. The lowest BCUT2D eigenvalue weighted by molar-refractivity contribution is -0.125. The molecule has 118 valence electrons. The summed E-state index contributed by atoms with van der Waals surface area (Å²) in [5.41, 5.74) is 0.865. The van der Waals surface area contributed by atoms with E-state index >= 15 is 0 Å². The predicted octanol–water partition coefficient (Wildman–Crippen LogP) is 2.62. The van der Waals surface area contributed by atoms with Gasteiger partial charge in [-0.1, -0.05) is 36.2 Å². The Morgan fingerprint density at radius 2 is 2.14 bits per heavy atom. The molecule has 2 atom stereocenters. The maximum Gasteiger partial charge on any atom is 0.239 e. The molecule has 2 unspecified atom stereocenters. The van der Waals surface area contributed by atoms with E-state index in [4.69, 9.17) is 27.9 Å². The Balaban J connectivity index is 0.00000220. The number of carbonyl (C=O) groups is 1. The third-order valence-electron chi connectivity index (χ3n) is 3.31. The van der Waals surface area contributed by atoms with Crippen LogP contribution < -0.4 is 10.6 Å². The first kappa shape index (κ1) is 18.5. The Morgan fingerprint density at radius 3 is 2.71 bits per heavy atom. The minimum atomic E-state index is -0.280. The van der Waals surface area contributed by atoms with E-state index in [1.54, 1.807) is 12.1 Å². The largest absolute Gasteiger partial charge is 0.378 e. The molecule has 1 saturated heterocycles. The topological polar surface area (TPSA) is 50.4 Å². The molecule has 7 heteroatoms. The number of amides is 1. The molecule has 0 radical (unpaired) electrons. The highest BCUT2D eigenvalue weighted by molar-refractivity contribution is 6.36. The van der Waals surface area contributed by atoms with Crippen LogP contribution in [0.2, 0.25) is 10.0 Å². The highest BCUT2D eigenvalue weighted by Crippen LogP contribution is 2.30. The first-order valence-corrected chi connectivity index (χ1v) is 7.38. The van der Waals surface area contributed by atoms with Crippen LogP contribution in [-0.2, 0) is 9.53 Å². The number of halogens is 3. The van der Waals surface area contributed by atoms with Gasteiger partial charge in [0.15, 0.2) is 0 Å². The van der Waals surface area contributed by atoms with Gasteiger partial charge in [0.2, 0.25) is 5.91 Å². The first-order chi connectivity index (χ1) is 9.59. The molecule has 1 aromatic rings. The van der Waals surface area contributed by atoms with Gasteiger partial charge in [-0.2, -0.15) is 0 Å². The molecule has 0 saturated carbocycles. The van der Waals surface area contributed by atoms with Crippen LogP contribution in [0.25, 0.3) is 0 Å². The van der Waals surface area contributed by atoms with Crippen LogP contribution in [0.3, 0.4) is 0 Å². The van der Waals surface area contributed by atoms with E-state index < -0.39 is 0 Å². The first-order valence-electron chi connectivity index (χ1n) is 6.62. The van der Waals surface area contributed by atoms with Crippen LogP contribution >= 0.6 is 35.6 Å². The molecular formula is C14H19Cl3N2O2. The quantitative estimate of drug-likeness (QED) is 0.875. The summed E-state index contributed by atoms with van der Waals surface area (Å²) >= 11 is 12.3. The van der Waals surface area contributed by atoms with E-state index in [1.807, 2.05) is 13.0 Å². The van der Waals surface area contributed by atoms with Crippen molar-refractivity contribution in [3.8, 4) is 0 Å². The zero-order valence-corrected chi connectivity index (χ0v) is 14.0. The van der Waals surface area contributed by atoms with Crippen LogP contribution in [0.15, 0.2) is 18.2 Å². The van der Waals surface area contributed by atoms with Gasteiger partial charge in [-0.25, -0.2) is 0 Å². The van der Waals surface area contributed by atoms with E-state index in [1.165, 1.54) is 0 Å². The second-order valence-corrected chi connectivity index (χ2v) is 5.68. The summed E-state index contributed by atoms with van der Waals surface area (Å²) in [7, 11) is 0. The molecule has 2 rings (SSSR count). The molecule has 21 heavy (non-hydrogen) atoms. The van der Waals surface area contributed by atoms with E-state index in [-0.39, 0.29) is 30.3 Å². The molecule has 1 heterocycles. The van der Waals surface area contributed by atoms with Gasteiger partial charge in [0.25, 0.3) is 0 Å². The van der Waals surface area contributed by atoms with Crippen LogP contribution in [0.1, 0.15) is 18.4 Å². The summed E-state index contributed by atoms with van der Waals surface area (Å²) in [5.74, 6) is -0.00983. The van der Waals surface area contributed by atoms with Gasteiger partial charge >= 0.3 is 0 Å². The Morgan fingerprint density at radius 1 is 1.48 bits per heavy atom. The van der Waals surface area contributed by atoms with Crippen molar-refractivity contribution in [1.29, 1.82) is 0 Å². The van der Waals surface area contributed by atoms with Crippen molar-refractivity contribution >= 4 is 41.5 Å². The monoisotopic (exact) mass is 352 g/mol. The number of morpholine rings is 1. The van der Waals surface area contributed by atoms with E-state index in [0.717, 1.165) is 5.56 Å². The lowest BCUT2D eigenvalue weighted by Gasteiger charge is -2.24. The summed E-state index contributed by atoms with van der Waals surface area (Å²) in [5, 5.41) is 7.27. The SMILES string of the molecule is CC(CNC(=O)C1COCCN1)c1c(Cl)cccc1Cl.Cl. The summed E-state index contributed by atoms with van der Waals surface area (Å²) in [6.07, 6.45) is 0. The zero-order valence-electron chi connectivity index (χ0n) is 11.7. The molecule has 0 bridgehead atoms. The van der Waals surface area contributed by atoms with E-state index in [2.05, 4.69) is 10.6 Å². The lowest BCUT2D eigenvalue weighted by atomic mass is 10.0. The maximum absolute atomic E-state index is 12.0. The lowest BCUT2D eigenvalue weighted by Crippen LogP contribution is -2.51. The second-order valence-electron chi connectivity index (χ2n) is 4.86. The molecule has 1 amide bonds. The summed E-state index contributed by atoms with van der Waals surface area (Å²) in [4.78, 5) is 12.0. The fourth-order valence-corrected chi connectivity index (χ4v) is 2.96. The molecule has 0 spiro atoms. The van der Waals surface area contributed by atoms with E-state index in [9.17, 15) is 4.79 Å². The standard InChI is InChI=1S/C14H18Cl2N2O2.ClH/c1-9(13-10(15)3-2-4-11(13)16)7-18-14(19)12-8-20-6-5-17-12;/h2-4,9,12,17H,5-8H2,1H3,(H,18,19);1H. The molecule has 1 aromatic carbocycles. The van der Waals surface area contributed by atoms with Crippen molar-refractivity contribution < 1.29 is 9.53 Å². The Labute approximate surface area is 140 Å². The number of carbonyl (C=O) groups excluding carboxylic acids is 1. The number of hydrogen-bond donors (Lipinski definition) is 2. The van der Waals surface area contributed by atoms with Crippen molar-refractivity contribution in [2.45, 2.75) is 18.9 Å². The maximum atomic E-state index is 12.0. The van der Waals surface area contributed by atoms with Crippen molar-refractivity contribution in [2.75, 3.05) is 26.3 Å². The minimum Gasteiger partial charge on any atom is -0.378 e. The van der Waals surface area contributed by atoms with Crippen LogP contribution in [0.4, 0.5) is 0 Å². The summed E-state index contributed by atoms with van der Waals surface area (Å²) in [6.45, 7) is 4.23. The van der Waals surface area contributed by atoms with Crippen molar-refractivity contribution in [2.24, 2.45) is 0 Å². The minimum absolute atomic E-state index is 0. The van der Waals surface area contributed by atoms with Gasteiger partial charge < -0.3 is 15.4 Å². The van der Waals surface area contributed by atoms with Crippen molar-refractivity contribution in [1.82, 2.24) is 10.6 Å². The molecule has 0 aromatic heterocycles. The third kappa shape index (κ3) is 5.01. The summed E-state index contributed by atoms with van der Waals surface area (Å²) < 4.78 is 5.27. The highest BCUT2D eigenvalue weighted by atomic mass is 35.5. The molecule has 4 nitrogen and oxygen atoms in total. The van der Waals surface area contributed by atoms with Crippen molar-refractivity contribution in [3.63, 3.8) is 0 Å².